The van der Waals surface area contributed by atoms with Crippen LogP contribution in [0.5, 0.6) is 0 Å². The van der Waals surface area contributed by atoms with E-state index >= 15 is 0 Å². The summed E-state index contributed by atoms with van der Waals surface area (Å²) in [6.07, 6.45) is 4.91. The summed E-state index contributed by atoms with van der Waals surface area (Å²) >= 11 is 1.99. The van der Waals surface area contributed by atoms with Gasteiger partial charge in [0.15, 0.2) is 0 Å². The first kappa shape index (κ1) is 19.6. The van der Waals surface area contributed by atoms with E-state index < -0.39 is 0 Å². The lowest BCUT2D eigenvalue weighted by molar-refractivity contribution is -0.133. The molecule has 138 valence electrons. The van der Waals surface area contributed by atoms with Crippen LogP contribution in [-0.2, 0) is 9.59 Å². The second-order valence-corrected chi connectivity index (χ2v) is 8.52. The summed E-state index contributed by atoms with van der Waals surface area (Å²) in [5.74, 6) is 2.16. The quantitative estimate of drug-likeness (QED) is 0.735. The highest BCUT2D eigenvalue weighted by atomic mass is 32.2. The van der Waals surface area contributed by atoms with Crippen LogP contribution in [0.2, 0.25) is 0 Å². The molecule has 0 aromatic carbocycles. The van der Waals surface area contributed by atoms with E-state index in [1.807, 2.05) is 25.6 Å². The van der Waals surface area contributed by atoms with E-state index in [1.165, 1.54) is 6.42 Å². The Bertz CT molecular complexity index is 430. The largest absolute Gasteiger partial charge is 0.356 e. The average molecular weight is 356 g/mol. The van der Waals surface area contributed by atoms with Gasteiger partial charge in [-0.1, -0.05) is 20.8 Å². The van der Waals surface area contributed by atoms with E-state index in [4.69, 9.17) is 0 Å². The van der Waals surface area contributed by atoms with Crippen molar-refractivity contribution >= 4 is 23.6 Å². The predicted octanol–water partition coefficient (Wildman–Crippen LogP) is 2.22. The molecular weight excluding hydrogens is 322 g/mol. The second kappa shape index (κ2) is 9.66. The first-order chi connectivity index (χ1) is 11.5. The molecule has 3 unspecified atom stereocenters. The first-order valence-electron chi connectivity index (χ1n) is 9.44. The van der Waals surface area contributed by atoms with Gasteiger partial charge in [0, 0.05) is 49.7 Å². The van der Waals surface area contributed by atoms with Gasteiger partial charge in [0.1, 0.15) is 0 Å². The molecule has 0 aliphatic carbocycles. The maximum Gasteiger partial charge on any atom is 0.222 e. The SMILES string of the molecule is CCCC(=O)N1CCCC(C2NC(CCNC(=O)C(C)C)CS2)C1. The van der Waals surface area contributed by atoms with E-state index in [0.29, 0.717) is 29.7 Å². The molecule has 24 heavy (non-hydrogen) atoms. The van der Waals surface area contributed by atoms with Gasteiger partial charge in [0.25, 0.3) is 0 Å². The summed E-state index contributed by atoms with van der Waals surface area (Å²) in [4.78, 5) is 25.8. The van der Waals surface area contributed by atoms with Gasteiger partial charge >= 0.3 is 0 Å². The Morgan fingerprint density at radius 3 is 2.88 bits per heavy atom. The molecule has 3 atom stereocenters. The van der Waals surface area contributed by atoms with Crippen LogP contribution in [0.4, 0.5) is 0 Å². The molecule has 0 aromatic heterocycles. The molecule has 2 aliphatic heterocycles. The number of hydrogen-bond acceptors (Lipinski definition) is 4. The Morgan fingerprint density at radius 2 is 2.17 bits per heavy atom. The van der Waals surface area contributed by atoms with Crippen molar-refractivity contribution in [3.8, 4) is 0 Å². The number of likely N-dealkylation sites (tertiary alicyclic amines) is 1. The molecule has 2 aliphatic rings. The Labute approximate surface area is 150 Å². The summed E-state index contributed by atoms with van der Waals surface area (Å²) in [6, 6.07) is 0.467. The van der Waals surface area contributed by atoms with Crippen LogP contribution < -0.4 is 10.6 Å². The molecule has 2 fully saturated rings. The number of hydrogen-bond donors (Lipinski definition) is 2. The number of nitrogens with one attached hydrogen (secondary N) is 2. The molecule has 5 nitrogen and oxygen atoms in total. The molecule has 0 saturated carbocycles. The smallest absolute Gasteiger partial charge is 0.222 e. The minimum atomic E-state index is 0.0533. The zero-order chi connectivity index (χ0) is 17.5. The van der Waals surface area contributed by atoms with Gasteiger partial charge in [-0.25, -0.2) is 0 Å². The molecule has 2 saturated heterocycles. The van der Waals surface area contributed by atoms with Crippen LogP contribution in [-0.4, -0.2) is 53.5 Å². The summed E-state index contributed by atoms with van der Waals surface area (Å²) < 4.78 is 0. The first-order valence-corrected chi connectivity index (χ1v) is 10.5. The molecule has 2 amide bonds. The predicted molar refractivity (Wildman–Crippen MR) is 99.8 cm³/mol. The van der Waals surface area contributed by atoms with Gasteiger partial charge in [-0.05, 0) is 25.7 Å². The molecule has 0 aromatic rings. The maximum atomic E-state index is 12.1. The molecular formula is C18H33N3O2S. The Balaban J connectivity index is 1.72. The van der Waals surface area contributed by atoms with Crippen molar-refractivity contribution in [2.75, 3.05) is 25.4 Å². The van der Waals surface area contributed by atoms with E-state index in [0.717, 1.165) is 44.6 Å². The Kier molecular flexibility index (Phi) is 7.88. The summed E-state index contributed by atoms with van der Waals surface area (Å²) in [5, 5.41) is 7.18. The van der Waals surface area contributed by atoms with Crippen molar-refractivity contribution in [2.45, 2.75) is 64.3 Å². The van der Waals surface area contributed by atoms with Gasteiger partial charge in [-0.2, -0.15) is 0 Å². The summed E-state index contributed by atoms with van der Waals surface area (Å²) in [5.41, 5.74) is 0. The molecule has 2 heterocycles. The monoisotopic (exact) mass is 355 g/mol. The fourth-order valence-electron chi connectivity index (χ4n) is 3.42. The lowest BCUT2D eigenvalue weighted by atomic mass is 9.97. The minimum Gasteiger partial charge on any atom is -0.356 e. The molecule has 0 radical (unpaired) electrons. The van der Waals surface area contributed by atoms with Crippen molar-refractivity contribution in [2.24, 2.45) is 11.8 Å². The van der Waals surface area contributed by atoms with Gasteiger partial charge in [0.05, 0.1) is 5.37 Å². The van der Waals surface area contributed by atoms with Crippen LogP contribution >= 0.6 is 11.8 Å². The van der Waals surface area contributed by atoms with Crippen molar-refractivity contribution < 1.29 is 9.59 Å². The zero-order valence-corrected chi connectivity index (χ0v) is 16.2. The van der Waals surface area contributed by atoms with Gasteiger partial charge < -0.3 is 15.5 Å². The number of carbonyl (C=O) groups is 2. The van der Waals surface area contributed by atoms with Crippen LogP contribution in [0.1, 0.15) is 52.9 Å². The summed E-state index contributed by atoms with van der Waals surface area (Å²) in [6.45, 7) is 8.48. The van der Waals surface area contributed by atoms with E-state index in [-0.39, 0.29) is 11.8 Å². The third-order valence-electron chi connectivity index (χ3n) is 4.90. The van der Waals surface area contributed by atoms with E-state index in [2.05, 4.69) is 22.5 Å². The average Bonchev–Trinajstić information content (AvgIpc) is 3.04. The highest BCUT2D eigenvalue weighted by Crippen LogP contribution is 2.31. The summed E-state index contributed by atoms with van der Waals surface area (Å²) in [7, 11) is 0. The van der Waals surface area contributed by atoms with Crippen LogP contribution in [0.25, 0.3) is 0 Å². The number of nitrogens with zero attached hydrogens (tertiary/aromatic N) is 1. The fourth-order valence-corrected chi connectivity index (χ4v) is 4.90. The van der Waals surface area contributed by atoms with Gasteiger partial charge in [-0.15, -0.1) is 11.8 Å². The third-order valence-corrected chi connectivity index (χ3v) is 6.37. The van der Waals surface area contributed by atoms with Crippen molar-refractivity contribution in [1.29, 1.82) is 0 Å². The normalized spacial score (nSPS) is 27.5. The Morgan fingerprint density at radius 1 is 1.38 bits per heavy atom. The van der Waals surface area contributed by atoms with Crippen molar-refractivity contribution in [1.82, 2.24) is 15.5 Å². The lowest BCUT2D eigenvalue weighted by Gasteiger charge is -2.35. The topological polar surface area (TPSA) is 61.4 Å². The van der Waals surface area contributed by atoms with Gasteiger partial charge in [0.2, 0.25) is 11.8 Å². The Hall–Kier alpha value is -0.750. The minimum absolute atomic E-state index is 0.0533. The number of amides is 2. The zero-order valence-electron chi connectivity index (χ0n) is 15.3. The van der Waals surface area contributed by atoms with Crippen LogP contribution in [0.15, 0.2) is 0 Å². The number of thioether (sulfide) groups is 1. The third kappa shape index (κ3) is 5.66. The number of carbonyl (C=O) groups excluding carboxylic acids is 2. The van der Waals surface area contributed by atoms with E-state index in [1.54, 1.807) is 0 Å². The number of piperidine rings is 1. The lowest BCUT2D eigenvalue weighted by Crippen LogP contribution is -2.46. The van der Waals surface area contributed by atoms with Crippen molar-refractivity contribution in [3.05, 3.63) is 0 Å². The van der Waals surface area contributed by atoms with E-state index in [9.17, 15) is 9.59 Å². The van der Waals surface area contributed by atoms with Crippen molar-refractivity contribution in [3.63, 3.8) is 0 Å². The maximum absolute atomic E-state index is 12.1. The highest BCUT2D eigenvalue weighted by molar-refractivity contribution is 8.00. The molecule has 2 rings (SSSR count). The van der Waals surface area contributed by atoms with Crippen LogP contribution in [0, 0.1) is 11.8 Å². The fraction of sp³-hybridized carbons (Fsp3) is 0.889. The van der Waals surface area contributed by atoms with Crippen LogP contribution in [0.3, 0.4) is 0 Å². The molecule has 0 bridgehead atoms. The molecule has 6 heteroatoms. The highest BCUT2D eigenvalue weighted by Gasteiger charge is 2.34. The molecule has 2 N–H and O–H groups in total. The standard InChI is InChI=1S/C18H33N3O2S/c1-4-6-16(22)21-10-5-7-14(11-21)18-20-15(12-24-18)8-9-19-17(23)13(2)3/h13-15,18,20H,4-12H2,1-3H3,(H,19,23). The second-order valence-electron chi connectivity index (χ2n) is 7.34. The molecule has 0 spiro atoms. The number of rotatable bonds is 7. The van der Waals surface area contributed by atoms with Gasteiger partial charge in [-0.3, -0.25) is 9.59 Å².